The average molecular weight is 319 g/mol. The first-order chi connectivity index (χ1) is 8.99. The molecule has 2 aromatic carbocycles. The fourth-order valence-electron chi connectivity index (χ4n) is 1.84. The summed E-state index contributed by atoms with van der Waals surface area (Å²) in [5.41, 5.74) is 8.84. The summed E-state index contributed by atoms with van der Waals surface area (Å²) in [5.74, 6) is -0.0928. The molecule has 0 aliphatic carbocycles. The SMILES string of the molecule is Cc1cccc(N(C)C(=O)c2cc(N)ccc2Br)c1. The van der Waals surface area contributed by atoms with Crippen molar-refractivity contribution in [2.75, 3.05) is 17.7 Å². The zero-order valence-corrected chi connectivity index (χ0v) is 12.4. The van der Waals surface area contributed by atoms with E-state index >= 15 is 0 Å². The van der Waals surface area contributed by atoms with Gasteiger partial charge < -0.3 is 10.6 Å². The first-order valence-corrected chi connectivity index (χ1v) is 6.68. The maximum absolute atomic E-state index is 12.5. The Hall–Kier alpha value is -1.81. The summed E-state index contributed by atoms with van der Waals surface area (Å²) in [6.07, 6.45) is 0. The summed E-state index contributed by atoms with van der Waals surface area (Å²) < 4.78 is 0.742. The number of hydrogen-bond donors (Lipinski definition) is 1. The van der Waals surface area contributed by atoms with Crippen molar-refractivity contribution in [2.24, 2.45) is 0 Å². The Morgan fingerprint density at radius 3 is 2.63 bits per heavy atom. The van der Waals surface area contributed by atoms with Gasteiger partial charge in [0, 0.05) is 22.9 Å². The number of hydrogen-bond acceptors (Lipinski definition) is 2. The van der Waals surface area contributed by atoms with Gasteiger partial charge in [0.15, 0.2) is 0 Å². The van der Waals surface area contributed by atoms with E-state index in [1.807, 2.05) is 31.2 Å². The van der Waals surface area contributed by atoms with Gasteiger partial charge in [-0.05, 0) is 58.7 Å². The lowest BCUT2D eigenvalue weighted by Gasteiger charge is -2.19. The number of carbonyl (C=O) groups is 1. The normalized spacial score (nSPS) is 10.3. The maximum atomic E-state index is 12.5. The molecule has 1 amide bonds. The van der Waals surface area contributed by atoms with E-state index < -0.39 is 0 Å². The molecule has 0 bridgehead atoms. The average Bonchev–Trinajstić information content (AvgIpc) is 2.40. The van der Waals surface area contributed by atoms with Crippen LogP contribution in [0, 0.1) is 6.92 Å². The summed E-state index contributed by atoms with van der Waals surface area (Å²) in [7, 11) is 1.76. The van der Waals surface area contributed by atoms with E-state index in [0.717, 1.165) is 15.7 Å². The molecule has 0 aliphatic heterocycles. The molecule has 98 valence electrons. The highest BCUT2D eigenvalue weighted by molar-refractivity contribution is 9.10. The van der Waals surface area contributed by atoms with Gasteiger partial charge in [-0.2, -0.15) is 0 Å². The lowest BCUT2D eigenvalue weighted by Crippen LogP contribution is -2.26. The van der Waals surface area contributed by atoms with E-state index in [1.54, 1.807) is 30.1 Å². The second-order valence-corrected chi connectivity index (χ2v) is 5.30. The standard InChI is InChI=1S/C15H15BrN2O/c1-10-4-3-5-12(8-10)18(2)15(19)13-9-11(17)6-7-14(13)16/h3-9H,17H2,1-2H3. The predicted molar refractivity (Wildman–Crippen MR) is 82.5 cm³/mol. The van der Waals surface area contributed by atoms with Gasteiger partial charge in [0.25, 0.3) is 5.91 Å². The van der Waals surface area contributed by atoms with Crippen LogP contribution in [-0.2, 0) is 0 Å². The van der Waals surface area contributed by atoms with Crippen molar-refractivity contribution in [2.45, 2.75) is 6.92 Å². The Kier molecular flexibility index (Phi) is 3.90. The number of amides is 1. The Morgan fingerprint density at radius 2 is 1.95 bits per heavy atom. The fourth-order valence-corrected chi connectivity index (χ4v) is 2.26. The molecule has 0 saturated heterocycles. The van der Waals surface area contributed by atoms with E-state index in [1.165, 1.54) is 0 Å². The highest BCUT2D eigenvalue weighted by Crippen LogP contribution is 2.23. The number of aryl methyl sites for hydroxylation is 1. The minimum atomic E-state index is -0.0928. The van der Waals surface area contributed by atoms with Gasteiger partial charge >= 0.3 is 0 Å². The minimum Gasteiger partial charge on any atom is -0.399 e. The highest BCUT2D eigenvalue weighted by Gasteiger charge is 2.16. The second-order valence-electron chi connectivity index (χ2n) is 4.44. The van der Waals surface area contributed by atoms with E-state index in [2.05, 4.69) is 15.9 Å². The Labute approximate surface area is 121 Å². The van der Waals surface area contributed by atoms with E-state index in [-0.39, 0.29) is 5.91 Å². The molecule has 2 aromatic rings. The zero-order chi connectivity index (χ0) is 14.0. The molecule has 3 nitrogen and oxygen atoms in total. The molecular weight excluding hydrogens is 304 g/mol. The molecular formula is C15H15BrN2O. The zero-order valence-electron chi connectivity index (χ0n) is 10.9. The molecule has 0 aliphatic rings. The van der Waals surface area contributed by atoms with Crippen LogP contribution in [0.2, 0.25) is 0 Å². The van der Waals surface area contributed by atoms with Crippen molar-refractivity contribution in [1.82, 2.24) is 0 Å². The van der Waals surface area contributed by atoms with Crippen molar-refractivity contribution in [3.63, 3.8) is 0 Å². The highest BCUT2D eigenvalue weighted by atomic mass is 79.9. The molecule has 0 heterocycles. The third-order valence-electron chi connectivity index (χ3n) is 2.91. The number of nitrogens with zero attached hydrogens (tertiary/aromatic N) is 1. The van der Waals surface area contributed by atoms with E-state index in [9.17, 15) is 4.79 Å². The largest absolute Gasteiger partial charge is 0.399 e. The second kappa shape index (κ2) is 5.45. The molecule has 2 rings (SSSR count). The van der Waals surface area contributed by atoms with Crippen LogP contribution in [0.5, 0.6) is 0 Å². The van der Waals surface area contributed by atoms with Gasteiger partial charge in [-0.25, -0.2) is 0 Å². The number of nitrogens with two attached hydrogens (primary N) is 1. The molecule has 0 radical (unpaired) electrons. The first-order valence-electron chi connectivity index (χ1n) is 5.89. The minimum absolute atomic E-state index is 0.0928. The Balaban J connectivity index is 2.36. The third kappa shape index (κ3) is 2.96. The van der Waals surface area contributed by atoms with Gasteiger partial charge in [-0.15, -0.1) is 0 Å². The summed E-state index contributed by atoms with van der Waals surface area (Å²) in [6.45, 7) is 2.00. The number of benzene rings is 2. The monoisotopic (exact) mass is 318 g/mol. The number of rotatable bonds is 2. The number of nitrogen functional groups attached to an aromatic ring is 1. The van der Waals surface area contributed by atoms with Gasteiger partial charge in [-0.3, -0.25) is 4.79 Å². The van der Waals surface area contributed by atoms with Crippen molar-refractivity contribution >= 4 is 33.2 Å². The van der Waals surface area contributed by atoms with Crippen LogP contribution in [0.3, 0.4) is 0 Å². The van der Waals surface area contributed by atoms with E-state index in [4.69, 9.17) is 5.73 Å². The van der Waals surface area contributed by atoms with Crippen molar-refractivity contribution in [1.29, 1.82) is 0 Å². The maximum Gasteiger partial charge on any atom is 0.259 e. The molecule has 0 fully saturated rings. The molecule has 2 N–H and O–H groups in total. The summed E-state index contributed by atoms with van der Waals surface area (Å²) >= 11 is 3.38. The fraction of sp³-hybridized carbons (Fsp3) is 0.133. The van der Waals surface area contributed by atoms with Crippen LogP contribution >= 0.6 is 15.9 Å². The Bertz CT molecular complexity index is 625. The van der Waals surface area contributed by atoms with Crippen LogP contribution < -0.4 is 10.6 Å². The third-order valence-corrected chi connectivity index (χ3v) is 3.61. The van der Waals surface area contributed by atoms with Gasteiger partial charge in [-0.1, -0.05) is 12.1 Å². The number of carbonyl (C=O) groups excluding carboxylic acids is 1. The van der Waals surface area contributed by atoms with Gasteiger partial charge in [0.1, 0.15) is 0 Å². The topological polar surface area (TPSA) is 46.3 Å². The Morgan fingerprint density at radius 1 is 1.21 bits per heavy atom. The molecule has 4 heteroatoms. The molecule has 19 heavy (non-hydrogen) atoms. The van der Waals surface area contributed by atoms with Gasteiger partial charge in [0.2, 0.25) is 0 Å². The summed E-state index contributed by atoms with van der Waals surface area (Å²) in [4.78, 5) is 14.1. The summed E-state index contributed by atoms with van der Waals surface area (Å²) in [6, 6.07) is 13.0. The lowest BCUT2D eigenvalue weighted by molar-refractivity contribution is 0.0992. The number of anilines is 2. The smallest absolute Gasteiger partial charge is 0.259 e. The quantitative estimate of drug-likeness (QED) is 0.860. The molecule has 0 atom stereocenters. The van der Waals surface area contributed by atoms with Crippen LogP contribution in [0.25, 0.3) is 0 Å². The molecule has 0 unspecified atom stereocenters. The first kappa shape index (κ1) is 13.6. The molecule has 0 spiro atoms. The van der Waals surface area contributed by atoms with E-state index in [0.29, 0.717) is 11.3 Å². The van der Waals surface area contributed by atoms with Gasteiger partial charge in [0.05, 0.1) is 5.56 Å². The number of halogens is 1. The van der Waals surface area contributed by atoms with Crippen LogP contribution in [0.1, 0.15) is 15.9 Å². The van der Waals surface area contributed by atoms with Crippen molar-refractivity contribution < 1.29 is 4.79 Å². The van der Waals surface area contributed by atoms with Crippen molar-refractivity contribution in [3.8, 4) is 0 Å². The molecule has 0 aromatic heterocycles. The lowest BCUT2D eigenvalue weighted by atomic mass is 10.1. The molecule has 0 saturated carbocycles. The van der Waals surface area contributed by atoms with Crippen LogP contribution in [-0.4, -0.2) is 13.0 Å². The predicted octanol–water partition coefficient (Wildman–Crippen LogP) is 3.62. The van der Waals surface area contributed by atoms with Crippen LogP contribution in [0.4, 0.5) is 11.4 Å². The van der Waals surface area contributed by atoms with Crippen LogP contribution in [0.15, 0.2) is 46.9 Å². The van der Waals surface area contributed by atoms with Crippen molar-refractivity contribution in [3.05, 3.63) is 58.1 Å². The summed E-state index contributed by atoms with van der Waals surface area (Å²) in [5, 5.41) is 0.